The third-order valence-corrected chi connectivity index (χ3v) is 5.30. The molecule has 2 aromatic rings. The number of piperidine rings is 1. The minimum Gasteiger partial charge on any atom is -0.463 e. The Morgan fingerprint density at radius 1 is 1.20 bits per heavy atom. The highest BCUT2D eigenvalue weighted by Crippen LogP contribution is 2.40. The lowest BCUT2D eigenvalue weighted by atomic mass is 9.89. The van der Waals surface area contributed by atoms with Gasteiger partial charge in [0.1, 0.15) is 17.3 Å². The second kappa shape index (κ2) is 7.06. The molecule has 3 atom stereocenters. The largest absolute Gasteiger partial charge is 0.463 e. The van der Waals surface area contributed by atoms with Gasteiger partial charge in [-0.05, 0) is 37.4 Å². The van der Waals surface area contributed by atoms with Crippen LogP contribution >= 0.6 is 11.7 Å². The fourth-order valence-corrected chi connectivity index (χ4v) is 4.27. The predicted octanol–water partition coefficient (Wildman–Crippen LogP) is 3.06. The SMILES string of the molecule is Fc1cc(F)cc(C#CCOc2nsnc2[C@H]2CN3CCC[C@@H]2C3)c1. The fraction of sp³-hybridized carbons (Fsp3) is 0.444. The molecule has 0 radical (unpaired) electrons. The Balaban J connectivity index is 1.41. The van der Waals surface area contributed by atoms with E-state index in [0.29, 0.717) is 17.7 Å². The summed E-state index contributed by atoms with van der Waals surface area (Å²) in [5.41, 5.74) is 1.22. The van der Waals surface area contributed by atoms with Crippen molar-refractivity contribution >= 4 is 11.7 Å². The van der Waals surface area contributed by atoms with Crippen LogP contribution in [0.4, 0.5) is 8.78 Å². The van der Waals surface area contributed by atoms with Crippen molar-refractivity contribution in [3.8, 4) is 17.7 Å². The maximum absolute atomic E-state index is 13.1. The van der Waals surface area contributed by atoms with Gasteiger partial charge < -0.3 is 9.64 Å². The number of ether oxygens (including phenoxy) is 1. The number of aromatic nitrogens is 2. The molecule has 1 unspecified atom stereocenters. The number of fused-ring (bicyclic) bond motifs is 2. The molecule has 25 heavy (non-hydrogen) atoms. The zero-order chi connectivity index (χ0) is 17.2. The van der Waals surface area contributed by atoms with E-state index in [0.717, 1.165) is 43.1 Å². The molecule has 0 aliphatic carbocycles. The van der Waals surface area contributed by atoms with Crippen molar-refractivity contribution in [3.05, 3.63) is 41.1 Å². The Kier molecular flexibility index (Phi) is 4.64. The first-order valence-corrected chi connectivity index (χ1v) is 9.04. The molecule has 4 nitrogen and oxygen atoms in total. The van der Waals surface area contributed by atoms with Gasteiger partial charge in [0.25, 0.3) is 0 Å². The van der Waals surface area contributed by atoms with Crippen molar-refractivity contribution in [2.45, 2.75) is 18.8 Å². The summed E-state index contributed by atoms with van der Waals surface area (Å²) in [4.78, 5) is 2.47. The summed E-state index contributed by atoms with van der Waals surface area (Å²) < 4.78 is 40.6. The third-order valence-electron chi connectivity index (χ3n) is 4.78. The van der Waals surface area contributed by atoms with E-state index in [2.05, 4.69) is 25.5 Å². The van der Waals surface area contributed by atoms with Crippen LogP contribution in [0.25, 0.3) is 0 Å². The van der Waals surface area contributed by atoms with Crippen molar-refractivity contribution in [3.63, 3.8) is 0 Å². The van der Waals surface area contributed by atoms with Crippen molar-refractivity contribution in [2.75, 3.05) is 26.2 Å². The van der Waals surface area contributed by atoms with E-state index in [9.17, 15) is 8.78 Å². The first-order chi connectivity index (χ1) is 12.2. The highest BCUT2D eigenvalue weighted by molar-refractivity contribution is 6.99. The summed E-state index contributed by atoms with van der Waals surface area (Å²) in [7, 11) is 0. The van der Waals surface area contributed by atoms with Crippen molar-refractivity contribution in [2.24, 2.45) is 5.92 Å². The lowest BCUT2D eigenvalue weighted by Crippen LogP contribution is -2.25. The van der Waals surface area contributed by atoms with Gasteiger partial charge in [0.2, 0.25) is 5.88 Å². The van der Waals surface area contributed by atoms with E-state index in [1.165, 1.54) is 25.0 Å². The monoisotopic (exact) mass is 361 g/mol. The molecule has 130 valence electrons. The molecule has 4 rings (SSSR count). The van der Waals surface area contributed by atoms with Crippen molar-refractivity contribution in [1.29, 1.82) is 0 Å². The number of halogens is 2. The Hall–Kier alpha value is -2.04. The molecular formula is C18H17F2N3OS. The van der Waals surface area contributed by atoms with E-state index < -0.39 is 11.6 Å². The quantitative estimate of drug-likeness (QED) is 0.788. The predicted molar refractivity (Wildman–Crippen MR) is 90.5 cm³/mol. The lowest BCUT2D eigenvalue weighted by Gasteiger charge is -2.21. The van der Waals surface area contributed by atoms with Crippen LogP contribution in [-0.2, 0) is 0 Å². The van der Waals surface area contributed by atoms with Gasteiger partial charge in [0.05, 0.1) is 11.7 Å². The van der Waals surface area contributed by atoms with Crippen molar-refractivity contribution in [1.82, 2.24) is 13.6 Å². The molecule has 3 heterocycles. The molecule has 7 heteroatoms. The van der Waals surface area contributed by atoms with E-state index in [4.69, 9.17) is 4.74 Å². The van der Waals surface area contributed by atoms with Crippen LogP contribution in [0.1, 0.15) is 30.0 Å². The second-order valence-electron chi connectivity index (χ2n) is 6.47. The Labute approximate surface area is 149 Å². The summed E-state index contributed by atoms with van der Waals surface area (Å²) in [6.45, 7) is 3.42. The van der Waals surface area contributed by atoms with Gasteiger partial charge in [-0.2, -0.15) is 4.37 Å². The maximum Gasteiger partial charge on any atom is 0.250 e. The summed E-state index contributed by atoms with van der Waals surface area (Å²) >= 11 is 1.15. The summed E-state index contributed by atoms with van der Waals surface area (Å²) in [6.07, 6.45) is 2.47. The number of rotatable bonds is 3. The molecular weight excluding hydrogens is 344 g/mol. The van der Waals surface area contributed by atoms with Crippen LogP contribution in [0.15, 0.2) is 18.2 Å². The normalized spacial score (nSPS) is 24.6. The van der Waals surface area contributed by atoms with Crippen molar-refractivity contribution < 1.29 is 13.5 Å². The number of nitrogens with zero attached hydrogens (tertiary/aromatic N) is 3. The molecule has 1 aromatic carbocycles. The van der Waals surface area contributed by atoms with Gasteiger partial charge >= 0.3 is 0 Å². The zero-order valence-corrected chi connectivity index (χ0v) is 14.4. The van der Waals surface area contributed by atoms with E-state index in [1.54, 1.807) is 0 Å². The Bertz CT molecular complexity index is 809. The molecule has 0 N–H and O–H groups in total. The smallest absolute Gasteiger partial charge is 0.250 e. The second-order valence-corrected chi connectivity index (χ2v) is 7.00. The van der Waals surface area contributed by atoms with Gasteiger partial charge in [-0.3, -0.25) is 0 Å². The van der Waals surface area contributed by atoms with Gasteiger partial charge in [-0.15, -0.1) is 4.37 Å². The molecule has 2 saturated heterocycles. The molecule has 0 saturated carbocycles. The summed E-state index contributed by atoms with van der Waals surface area (Å²) in [6, 6.07) is 3.21. The minimum absolute atomic E-state index is 0.109. The summed E-state index contributed by atoms with van der Waals surface area (Å²) in [5, 5.41) is 0. The fourth-order valence-electron chi connectivity index (χ4n) is 3.70. The Morgan fingerprint density at radius 2 is 2.04 bits per heavy atom. The molecule has 0 amide bonds. The van der Waals surface area contributed by atoms with Crippen LogP contribution in [0.2, 0.25) is 0 Å². The van der Waals surface area contributed by atoms with Gasteiger partial charge in [-0.1, -0.05) is 11.8 Å². The number of hydrogen-bond donors (Lipinski definition) is 0. The molecule has 2 bridgehead atoms. The van der Waals surface area contributed by atoms with Gasteiger partial charge in [0.15, 0.2) is 6.61 Å². The number of benzene rings is 1. The van der Waals surface area contributed by atoms with Crippen LogP contribution < -0.4 is 4.74 Å². The van der Waals surface area contributed by atoms with Crippen LogP contribution in [0.5, 0.6) is 5.88 Å². The van der Waals surface area contributed by atoms with E-state index in [-0.39, 0.29) is 12.2 Å². The maximum atomic E-state index is 13.1. The lowest BCUT2D eigenvalue weighted by molar-refractivity contribution is 0.269. The van der Waals surface area contributed by atoms with Gasteiger partial charge in [0, 0.05) is 30.6 Å². The van der Waals surface area contributed by atoms with Crippen LogP contribution in [-0.4, -0.2) is 39.9 Å². The van der Waals surface area contributed by atoms with Crippen LogP contribution in [0.3, 0.4) is 0 Å². The van der Waals surface area contributed by atoms with E-state index >= 15 is 0 Å². The van der Waals surface area contributed by atoms with Gasteiger partial charge in [-0.25, -0.2) is 8.78 Å². The molecule has 0 spiro atoms. The zero-order valence-electron chi connectivity index (χ0n) is 13.5. The molecule has 2 aliphatic rings. The summed E-state index contributed by atoms with van der Waals surface area (Å²) in [5.74, 6) is 5.75. The average molecular weight is 361 g/mol. The number of hydrogen-bond acceptors (Lipinski definition) is 5. The third kappa shape index (κ3) is 3.65. The van der Waals surface area contributed by atoms with E-state index in [1.807, 2.05) is 0 Å². The topological polar surface area (TPSA) is 38.3 Å². The standard InChI is InChI=1S/C18H17F2N3OS/c19-14-7-12(8-15(20)9-14)3-2-6-24-18-17(21-25-22-18)16-11-23-5-1-4-13(16)10-23/h7-9,13,16H,1,4-6,10-11H2/t13-,16+/m1/s1. The Morgan fingerprint density at radius 3 is 2.84 bits per heavy atom. The molecule has 2 aliphatic heterocycles. The van der Waals surface area contributed by atoms with Crippen LogP contribution in [0, 0.1) is 29.4 Å². The first kappa shape index (κ1) is 16.4. The molecule has 1 aromatic heterocycles. The average Bonchev–Trinajstić information content (AvgIpc) is 3.14. The minimum atomic E-state index is -0.640. The molecule has 2 fully saturated rings. The first-order valence-electron chi connectivity index (χ1n) is 8.31. The highest BCUT2D eigenvalue weighted by atomic mass is 32.1. The highest BCUT2D eigenvalue weighted by Gasteiger charge is 2.39.